The molecule has 0 spiro atoms. The van der Waals surface area contributed by atoms with Gasteiger partial charge in [0.25, 0.3) is 5.91 Å². The number of aromatic nitrogens is 3. The minimum Gasteiger partial charge on any atom is -0.369 e. The Morgan fingerprint density at radius 3 is 2.46 bits per heavy atom. The van der Waals surface area contributed by atoms with Gasteiger partial charge in [-0.05, 0) is 57.5 Å². The van der Waals surface area contributed by atoms with Gasteiger partial charge in [-0.3, -0.25) is 19.4 Å². The lowest BCUT2D eigenvalue weighted by Gasteiger charge is -2.20. The first-order valence-corrected chi connectivity index (χ1v) is 14.1. The molecule has 41 heavy (non-hydrogen) atoms. The number of hydrogen-bond donors (Lipinski definition) is 4. The minimum atomic E-state index is -0.289. The van der Waals surface area contributed by atoms with Crippen LogP contribution >= 0.6 is 0 Å². The summed E-state index contributed by atoms with van der Waals surface area (Å²) >= 11 is 0. The van der Waals surface area contributed by atoms with Crippen LogP contribution in [-0.2, 0) is 16.0 Å². The highest BCUT2D eigenvalue weighted by Gasteiger charge is 2.17. The highest BCUT2D eigenvalue weighted by Crippen LogP contribution is 2.14. The van der Waals surface area contributed by atoms with Crippen LogP contribution in [0, 0.1) is 0 Å². The molecule has 2 aromatic rings. The number of nitrogens with one attached hydrogen (secondary N) is 4. The topological polar surface area (TPSA) is 144 Å². The fraction of sp³-hybridized carbons (Fsp3) is 0.517. The van der Waals surface area contributed by atoms with Crippen molar-refractivity contribution < 1.29 is 14.4 Å². The van der Waals surface area contributed by atoms with E-state index in [2.05, 4.69) is 36.2 Å². The third-order valence-corrected chi connectivity index (χ3v) is 6.15. The van der Waals surface area contributed by atoms with E-state index in [9.17, 15) is 14.4 Å². The summed E-state index contributed by atoms with van der Waals surface area (Å²) in [5.74, 6) is 0.152. The van der Waals surface area contributed by atoms with Crippen molar-refractivity contribution in [1.82, 2.24) is 35.4 Å². The van der Waals surface area contributed by atoms with Gasteiger partial charge in [-0.2, -0.15) is 4.98 Å². The Balaban J connectivity index is 1.86. The average molecular weight is 568 g/mol. The standard InChI is InChI=1S/C29H45N9O3/c1-6-14-31-27-24(20-34-29(36-27)33-17-12-22-10-15-30-16-11-22)28(41)32-18-13-23(7-2)35-25(39)21-38(5)26(40)9-8-19-37(3)4/h8-11,15-16,20,23H,6-7,12-14,17-19,21H2,1-5H3,(H,32,41)(H,35,39)(H2,31,33,34,36). The van der Waals surface area contributed by atoms with Crippen molar-refractivity contribution in [3.63, 3.8) is 0 Å². The van der Waals surface area contributed by atoms with Crippen molar-refractivity contribution in [2.45, 2.75) is 45.6 Å². The summed E-state index contributed by atoms with van der Waals surface area (Å²) in [4.78, 5) is 53.9. The van der Waals surface area contributed by atoms with Gasteiger partial charge in [0, 0.05) is 63.9 Å². The fourth-order valence-corrected chi connectivity index (χ4v) is 3.77. The average Bonchev–Trinajstić information content (AvgIpc) is 2.95. The predicted molar refractivity (Wildman–Crippen MR) is 162 cm³/mol. The third kappa shape index (κ3) is 12.8. The van der Waals surface area contributed by atoms with E-state index in [0.717, 1.165) is 18.4 Å². The smallest absolute Gasteiger partial charge is 0.256 e. The van der Waals surface area contributed by atoms with Crippen LogP contribution in [0.1, 0.15) is 49.0 Å². The molecule has 0 aliphatic rings. The zero-order valence-corrected chi connectivity index (χ0v) is 24.9. The Bertz CT molecular complexity index is 1130. The quantitative estimate of drug-likeness (QED) is 0.199. The maximum Gasteiger partial charge on any atom is 0.256 e. The molecule has 1 atom stereocenters. The summed E-state index contributed by atoms with van der Waals surface area (Å²) < 4.78 is 0. The van der Waals surface area contributed by atoms with Crippen LogP contribution in [-0.4, -0.2) is 102 Å². The Kier molecular flexibility index (Phi) is 14.8. The molecule has 0 saturated carbocycles. The van der Waals surface area contributed by atoms with Crippen molar-refractivity contribution in [2.24, 2.45) is 0 Å². The molecule has 0 aliphatic carbocycles. The van der Waals surface area contributed by atoms with Crippen molar-refractivity contribution in [1.29, 1.82) is 0 Å². The molecule has 1 unspecified atom stereocenters. The predicted octanol–water partition coefficient (Wildman–Crippen LogP) is 1.94. The molecule has 2 heterocycles. The van der Waals surface area contributed by atoms with E-state index in [1.807, 2.05) is 45.0 Å². The van der Waals surface area contributed by atoms with Crippen LogP contribution in [0.15, 0.2) is 42.9 Å². The highest BCUT2D eigenvalue weighted by atomic mass is 16.2. The van der Waals surface area contributed by atoms with Crippen LogP contribution < -0.4 is 21.3 Å². The normalized spacial score (nSPS) is 11.8. The molecule has 2 aromatic heterocycles. The molecule has 0 aliphatic heterocycles. The van der Waals surface area contributed by atoms with Gasteiger partial charge in [0.2, 0.25) is 17.8 Å². The molecule has 0 fully saturated rings. The second-order valence-electron chi connectivity index (χ2n) is 9.99. The number of hydrogen-bond acceptors (Lipinski definition) is 9. The molecule has 0 aromatic carbocycles. The number of carbonyl (C=O) groups excluding carboxylic acids is 3. The lowest BCUT2D eigenvalue weighted by atomic mass is 10.1. The summed E-state index contributed by atoms with van der Waals surface area (Å²) in [5, 5.41) is 12.3. The SMILES string of the molecule is CCCNc1nc(NCCc2ccncc2)ncc1C(=O)NCCC(CC)NC(=O)CN(C)C(=O)C=CCN(C)C. The van der Waals surface area contributed by atoms with Gasteiger partial charge in [-0.25, -0.2) is 4.98 Å². The van der Waals surface area contributed by atoms with E-state index in [1.54, 1.807) is 25.5 Å². The summed E-state index contributed by atoms with van der Waals surface area (Å²) in [5.41, 5.74) is 1.51. The number of anilines is 2. The van der Waals surface area contributed by atoms with Gasteiger partial charge < -0.3 is 31.1 Å². The summed E-state index contributed by atoms with van der Waals surface area (Å²) in [7, 11) is 5.42. The first-order valence-electron chi connectivity index (χ1n) is 14.1. The molecule has 0 bridgehead atoms. The monoisotopic (exact) mass is 567 g/mol. The fourth-order valence-electron chi connectivity index (χ4n) is 3.77. The van der Waals surface area contributed by atoms with Gasteiger partial charge in [0.05, 0.1) is 6.54 Å². The molecule has 0 radical (unpaired) electrons. The minimum absolute atomic E-state index is 0.0409. The van der Waals surface area contributed by atoms with Gasteiger partial charge in [0.1, 0.15) is 11.4 Å². The summed E-state index contributed by atoms with van der Waals surface area (Å²) in [6.45, 7) is 6.28. The second-order valence-corrected chi connectivity index (χ2v) is 9.99. The van der Waals surface area contributed by atoms with E-state index in [4.69, 9.17) is 0 Å². The van der Waals surface area contributed by atoms with Crippen molar-refractivity contribution in [3.8, 4) is 0 Å². The zero-order valence-electron chi connectivity index (χ0n) is 24.9. The Morgan fingerprint density at radius 2 is 1.78 bits per heavy atom. The third-order valence-electron chi connectivity index (χ3n) is 6.15. The summed E-state index contributed by atoms with van der Waals surface area (Å²) in [6.07, 6.45) is 11.2. The van der Waals surface area contributed by atoms with E-state index in [-0.39, 0.29) is 30.3 Å². The molecule has 4 N–H and O–H groups in total. The maximum absolute atomic E-state index is 13.0. The Hall–Kier alpha value is -4.06. The van der Waals surface area contributed by atoms with Gasteiger partial charge >= 0.3 is 0 Å². The zero-order chi connectivity index (χ0) is 30.0. The lowest BCUT2D eigenvalue weighted by Crippen LogP contribution is -2.43. The molecule has 2 rings (SSSR count). The van der Waals surface area contributed by atoms with Crippen molar-refractivity contribution >= 4 is 29.5 Å². The number of nitrogens with zero attached hydrogens (tertiary/aromatic N) is 5. The molecule has 224 valence electrons. The van der Waals surface area contributed by atoms with Gasteiger partial charge in [-0.1, -0.05) is 19.9 Å². The first kappa shape index (κ1) is 33.1. The largest absolute Gasteiger partial charge is 0.369 e. The molecule has 12 nitrogen and oxygen atoms in total. The number of rotatable bonds is 18. The molecule has 0 saturated heterocycles. The summed E-state index contributed by atoms with van der Waals surface area (Å²) in [6, 6.07) is 3.78. The van der Waals surface area contributed by atoms with Crippen LogP contribution in [0.3, 0.4) is 0 Å². The Labute approximate surface area is 243 Å². The highest BCUT2D eigenvalue weighted by molar-refractivity contribution is 5.98. The Morgan fingerprint density at radius 1 is 1.02 bits per heavy atom. The maximum atomic E-state index is 13.0. The van der Waals surface area contributed by atoms with E-state index in [0.29, 0.717) is 56.4 Å². The molecule has 12 heteroatoms. The van der Waals surface area contributed by atoms with Crippen LogP contribution in [0.2, 0.25) is 0 Å². The number of likely N-dealkylation sites (N-methyl/N-ethyl adjacent to an activating group) is 2. The first-order chi connectivity index (χ1) is 19.7. The van der Waals surface area contributed by atoms with E-state index in [1.165, 1.54) is 17.2 Å². The van der Waals surface area contributed by atoms with Gasteiger partial charge in [-0.15, -0.1) is 0 Å². The van der Waals surface area contributed by atoms with E-state index < -0.39 is 0 Å². The van der Waals surface area contributed by atoms with Crippen LogP contribution in [0.4, 0.5) is 11.8 Å². The lowest BCUT2D eigenvalue weighted by molar-refractivity contribution is -0.131. The van der Waals surface area contributed by atoms with Gasteiger partial charge in [0.15, 0.2) is 0 Å². The number of pyridine rings is 1. The van der Waals surface area contributed by atoms with Crippen LogP contribution in [0.5, 0.6) is 0 Å². The second kappa shape index (κ2) is 18.3. The molecule has 3 amide bonds. The number of amides is 3. The number of carbonyl (C=O) groups is 3. The van der Waals surface area contributed by atoms with Crippen molar-refractivity contribution in [3.05, 3.63) is 54.0 Å². The van der Waals surface area contributed by atoms with Crippen molar-refractivity contribution in [2.75, 3.05) is 64.5 Å². The molecular formula is C29H45N9O3. The van der Waals surface area contributed by atoms with Crippen LogP contribution in [0.25, 0.3) is 0 Å². The molecular weight excluding hydrogens is 522 g/mol. The van der Waals surface area contributed by atoms with E-state index >= 15 is 0 Å².